The van der Waals surface area contributed by atoms with E-state index < -0.39 is 35.3 Å². The Morgan fingerprint density at radius 3 is 2.21 bits per heavy atom. The topological polar surface area (TPSA) is 119 Å². The normalized spacial score (nSPS) is 14.4. The minimum Gasteiger partial charge on any atom is -0.480 e. The Bertz CT molecular complexity index is 349. The molecular formula is C12H22N2O5. The van der Waals surface area contributed by atoms with Crippen molar-refractivity contribution < 1.29 is 24.2 Å². The Kier molecular flexibility index (Phi) is 6.47. The lowest BCUT2D eigenvalue weighted by molar-refractivity contribution is -0.144. The van der Waals surface area contributed by atoms with Gasteiger partial charge in [0.15, 0.2) is 0 Å². The fourth-order valence-electron chi connectivity index (χ4n) is 1.28. The van der Waals surface area contributed by atoms with Gasteiger partial charge in [0.1, 0.15) is 6.04 Å². The zero-order valence-electron chi connectivity index (χ0n) is 11.7. The smallest absolute Gasteiger partial charge is 0.326 e. The van der Waals surface area contributed by atoms with Gasteiger partial charge in [0.05, 0.1) is 13.2 Å². The van der Waals surface area contributed by atoms with Gasteiger partial charge in [-0.05, 0) is 11.8 Å². The molecule has 0 fully saturated rings. The zero-order chi connectivity index (χ0) is 15.2. The van der Waals surface area contributed by atoms with E-state index in [1.807, 2.05) is 0 Å². The highest BCUT2D eigenvalue weighted by Gasteiger charge is 2.30. The number of carbonyl (C=O) groups is 3. The van der Waals surface area contributed by atoms with Gasteiger partial charge in [-0.25, -0.2) is 4.79 Å². The maximum Gasteiger partial charge on any atom is 0.326 e. The average Bonchev–Trinajstić information content (AvgIpc) is 2.30. The van der Waals surface area contributed by atoms with Crippen LogP contribution >= 0.6 is 0 Å². The van der Waals surface area contributed by atoms with Crippen LogP contribution in [0.15, 0.2) is 0 Å². The van der Waals surface area contributed by atoms with Crippen molar-refractivity contribution in [1.29, 1.82) is 0 Å². The number of nitrogens with one attached hydrogen (secondary N) is 1. The number of methoxy groups -OCH3 is 1. The Balaban J connectivity index is 4.55. The van der Waals surface area contributed by atoms with Crippen LogP contribution in [0, 0.1) is 5.41 Å². The number of hydrogen-bond acceptors (Lipinski definition) is 5. The molecule has 0 aliphatic heterocycles. The van der Waals surface area contributed by atoms with Gasteiger partial charge in [0.25, 0.3) is 0 Å². The summed E-state index contributed by atoms with van der Waals surface area (Å²) in [7, 11) is 1.21. The number of carboxylic acid groups (broad SMARTS) is 1. The molecule has 2 atom stereocenters. The van der Waals surface area contributed by atoms with Crippen LogP contribution in [0.3, 0.4) is 0 Å². The highest BCUT2D eigenvalue weighted by atomic mass is 16.5. The summed E-state index contributed by atoms with van der Waals surface area (Å²) in [5.74, 6) is -2.29. The molecule has 7 heteroatoms. The molecule has 0 saturated heterocycles. The first kappa shape index (κ1) is 17.4. The van der Waals surface area contributed by atoms with E-state index in [2.05, 4.69) is 10.1 Å². The van der Waals surface area contributed by atoms with Crippen LogP contribution in [0.4, 0.5) is 0 Å². The molecule has 4 N–H and O–H groups in total. The number of aliphatic carboxylic acids is 1. The predicted molar refractivity (Wildman–Crippen MR) is 68.2 cm³/mol. The average molecular weight is 274 g/mol. The molecule has 1 amide bonds. The van der Waals surface area contributed by atoms with Crippen LogP contribution in [0.2, 0.25) is 0 Å². The highest BCUT2D eigenvalue weighted by Crippen LogP contribution is 2.17. The number of amides is 1. The van der Waals surface area contributed by atoms with Gasteiger partial charge in [-0.2, -0.15) is 0 Å². The van der Waals surface area contributed by atoms with E-state index in [1.165, 1.54) is 7.11 Å². The molecule has 0 unspecified atom stereocenters. The molecule has 0 rings (SSSR count). The first-order chi connectivity index (χ1) is 8.59. The van der Waals surface area contributed by atoms with Gasteiger partial charge in [-0.1, -0.05) is 20.8 Å². The Morgan fingerprint density at radius 2 is 1.84 bits per heavy atom. The van der Waals surface area contributed by atoms with Crippen molar-refractivity contribution >= 4 is 17.8 Å². The first-order valence-corrected chi connectivity index (χ1v) is 5.95. The van der Waals surface area contributed by atoms with Crippen molar-refractivity contribution in [2.75, 3.05) is 7.11 Å². The van der Waals surface area contributed by atoms with Crippen LogP contribution < -0.4 is 11.1 Å². The van der Waals surface area contributed by atoms with Gasteiger partial charge in [-0.15, -0.1) is 0 Å². The molecule has 0 aromatic carbocycles. The van der Waals surface area contributed by atoms with Gasteiger partial charge in [0, 0.05) is 6.42 Å². The number of hydrogen-bond donors (Lipinski definition) is 3. The molecule has 19 heavy (non-hydrogen) atoms. The lowest BCUT2D eigenvalue weighted by Crippen LogP contribution is -2.53. The van der Waals surface area contributed by atoms with Crippen molar-refractivity contribution in [3.8, 4) is 0 Å². The molecule has 7 nitrogen and oxygen atoms in total. The van der Waals surface area contributed by atoms with E-state index in [9.17, 15) is 14.4 Å². The lowest BCUT2D eigenvalue weighted by Gasteiger charge is -2.27. The lowest BCUT2D eigenvalue weighted by atomic mass is 9.87. The number of nitrogens with two attached hydrogens (primary N) is 1. The van der Waals surface area contributed by atoms with Gasteiger partial charge in [0.2, 0.25) is 5.91 Å². The van der Waals surface area contributed by atoms with Gasteiger partial charge in [-0.3, -0.25) is 9.59 Å². The molecule has 110 valence electrons. The summed E-state index contributed by atoms with van der Waals surface area (Å²) in [6.45, 7) is 5.34. The summed E-state index contributed by atoms with van der Waals surface area (Å²) >= 11 is 0. The van der Waals surface area contributed by atoms with Crippen LogP contribution in [-0.2, 0) is 19.1 Å². The number of carboxylic acids is 1. The molecule has 0 bridgehead atoms. The number of rotatable bonds is 6. The Hall–Kier alpha value is -1.63. The third kappa shape index (κ3) is 6.19. The minimum atomic E-state index is -1.21. The fourth-order valence-corrected chi connectivity index (χ4v) is 1.28. The number of carbonyl (C=O) groups excluding carboxylic acids is 2. The number of ether oxygens (including phenoxy) is 1. The largest absolute Gasteiger partial charge is 0.480 e. The summed E-state index contributed by atoms with van der Waals surface area (Å²) < 4.78 is 4.42. The van der Waals surface area contributed by atoms with Gasteiger partial charge < -0.3 is 20.9 Å². The second-order valence-electron chi connectivity index (χ2n) is 5.36. The van der Waals surface area contributed by atoms with Crippen LogP contribution in [0.25, 0.3) is 0 Å². The van der Waals surface area contributed by atoms with E-state index in [-0.39, 0.29) is 12.8 Å². The monoisotopic (exact) mass is 274 g/mol. The van der Waals surface area contributed by atoms with Crippen molar-refractivity contribution in [1.82, 2.24) is 5.32 Å². The molecular weight excluding hydrogens is 252 g/mol. The molecule has 0 aromatic heterocycles. The van der Waals surface area contributed by atoms with E-state index in [4.69, 9.17) is 10.8 Å². The minimum absolute atomic E-state index is 0.0371. The van der Waals surface area contributed by atoms with Gasteiger partial charge >= 0.3 is 11.9 Å². The zero-order valence-corrected chi connectivity index (χ0v) is 11.7. The summed E-state index contributed by atoms with van der Waals surface area (Å²) in [5.41, 5.74) is 5.25. The van der Waals surface area contributed by atoms with E-state index in [0.717, 1.165) is 0 Å². The summed E-state index contributed by atoms with van der Waals surface area (Å²) in [5, 5.41) is 11.3. The predicted octanol–water partition coefficient (Wildman–Crippen LogP) is -0.118. The van der Waals surface area contributed by atoms with E-state index >= 15 is 0 Å². The summed E-state index contributed by atoms with van der Waals surface area (Å²) in [6, 6.07) is -1.98. The highest BCUT2D eigenvalue weighted by molar-refractivity contribution is 5.87. The maximum absolute atomic E-state index is 11.8. The van der Waals surface area contributed by atoms with Crippen molar-refractivity contribution in [2.45, 2.75) is 45.7 Å². The molecule has 0 radical (unpaired) electrons. The first-order valence-electron chi connectivity index (χ1n) is 5.95. The SMILES string of the molecule is COC(=O)CC[C@@H](NC(=O)[C@@H](N)C(C)(C)C)C(=O)O. The van der Waals surface area contributed by atoms with Crippen molar-refractivity contribution in [2.24, 2.45) is 11.1 Å². The standard InChI is InChI=1S/C12H22N2O5/c1-12(2,3)9(13)10(16)14-7(11(17)18)5-6-8(15)19-4/h7,9H,5-6,13H2,1-4H3,(H,14,16)(H,17,18)/t7-,9-/m1/s1. The molecule has 0 aliphatic rings. The summed E-state index contributed by atoms with van der Waals surface area (Å²) in [6.07, 6.45) is -0.122. The van der Waals surface area contributed by atoms with E-state index in [1.54, 1.807) is 20.8 Å². The van der Waals surface area contributed by atoms with Crippen LogP contribution in [0.5, 0.6) is 0 Å². The quantitative estimate of drug-likeness (QED) is 0.581. The van der Waals surface area contributed by atoms with E-state index in [0.29, 0.717) is 0 Å². The second kappa shape index (κ2) is 7.08. The summed E-state index contributed by atoms with van der Waals surface area (Å²) in [4.78, 5) is 33.8. The Morgan fingerprint density at radius 1 is 1.32 bits per heavy atom. The molecule has 0 spiro atoms. The third-order valence-electron chi connectivity index (χ3n) is 2.69. The Labute approximate surface area is 112 Å². The van der Waals surface area contributed by atoms with Crippen LogP contribution in [0.1, 0.15) is 33.6 Å². The van der Waals surface area contributed by atoms with Crippen molar-refractivity contribution in [3.05, 3.63) is 0 Å². The fraction of sp³-hybridized carbons (Fsp3) is 0.750. The molecule has 0 aromatic rings. The third-order valence-corrected chi connectivity index (χ3v) is 2.69. The van der Waals surface area contributed by atoms with Crippen molar-refractivity contribution in [3.63, 3.8) is 0 Å². The van der Waals surface area contributed by atoms with Crippen LogP contribution in [-0.4, -0.2) is 42.1 Å². The molecule has 0 saturated carbocycles. The maximum atomic E-state index is 11.8. The second-order valence-corrected chi connectivity index (χ2v) is 5.36. The molecule has 0 aliphatic carbocycles. The molecule has 0 heterocycles. The number of esters is 1.